The summed E-state index contributed by atoms with van der Waals surface area (Å²) in [4.78, 5) is 0. The van der Waals surface area contributed by atoms with Crippen LogP contribution in [0.15, 0.2) is 39.9 Å². The van der Waals surface area contributed by atoms with E-state index >= 15 is 0 Å². The van der Waals surface area contributed by atoms with Crippen LogP contribution in [-0.4, -0.2) is 12.9 Å². The van der Waals surface area contributed by atoms with E-state index in [9.17, 15) is 0 Å². The van der Waals surface area contributed by atoms with Crippen molar-refractivity contribution in [3.05, 3.63) is 46.8 Å². The number of thioether (sulfide) groups is 1. The van der Waals surface area contributed by atoms with E-state index in [-0.39, 0.29) is 5.84 Å². The van der Waals surface area contributed by atoms with Gasteiger partial charge in [-0.25, -0.2) is 0 Å². The Kier molecular flexibility index (Phi) is 4.28. The zero-order valence-electron chi connectivity index (χ0n) is 9.97. The number of hydrogen-bond donors (Lipinski definition) is 2. The Bertz CT molecular complexity index is 538. The molecule has 0 amide bonds. The van der Waals surface area contributed by atoms with Crippen LogP contribution in [0, 0.1) is 5.41 Å². The molecule has 2 aromatic rings. The molecule has 0 bridgehead atoms. The fourth-order valence-electron chi connectivity index (χ4n) is 1.55. The van der Waals surface area contributed by atoms with Crippen LogP contribution >= 0.6 is 23.1 Å². The van der Waals surface area contributed by atoms with Gasteiger partial charge in [0.15, 0.2) is 0 Å². The lowest BCUT2D eigenvalue weighted by Crippen LogP contribution is -2.12. The van der Waals surface area contributed by atoms with E-state index in [1.807, 2.05) is 24.3 Å². The van der Waals surface area contributed by atoms with Gasteiger partial charge in [0.05, 0.1) is 16.9 Å². The van der Waals surface area contributed by atoms with Gasteiger partial charge in [-0.05, 0) is 29.1 Å². The highest BCUT2D eigenvalue weighted by Crippen LogP contribution is 2.29. The summed E-state index contributed by atoms with van der Waals surface area (Å²) < 4.78 is 6.55. The molecule has 18 heavy (non-hydrogen) atoms. The Morgan fingerprint density at radius 1 is 1.44 bits per heavy atom. The Hall–Kier alpha value is -1.46. The van der Waals surface area contributed by atoms with Crippen molar-refractivity contribution >= 4 is 28.9 Å². The summed E-state index contributed by atoms with van der Waals surface area (Å²) in [7, 11) is 1.60. The lowest BCUT2D eigenvalue weighted by molar-refractivity contribution is 0.413. The summed E-state index contributed by atoms with van der Waals surface area (Å²) in [6.07, 6.45) is 0. The van der Waals surface area contributed by atoms with Gasteiger partial charge in [0, 0.05) is 5.75 Å². The summed E-state index contributed by atoms with van der Waals surface area (Å²) in [5.74, 6) is 1.57. The molecule has 0 aliphatic rings. The van der Waals surface area contributed by atoms with Gasteiger partial charge in [0.25, 0.3) is 0 Å². The Balaban J connectivity index is 2.12. The lowest BCUT2D eigenvalue weighted by Gasteiger charge is -2.09. The van der Waals surface area contributed by atoms with E-state index in [0.29, 0.717) is 11.3 Å². The highest BCUT2D eigenvalue weighted by atomic mass is 32.2. The number of hydrogen-bond acceptors (Lipinski definition) is 4. The third-order valence-corrected chi connectivity index (χ3v) is 4.63. The van der Waals surface area contributed by atoms with Gasteiger partial charge in [0.1, 0.15) is 11.6 Å². The summed E-state index contributed by atoms with van der Waals surface area (Å²) in [6, 6.07) is 9.92. The Morgan fingerprint density at radius 3 is 2.89 bits per heavy atom. The normalized spacial score (nSPS) is 10.3. The standard InChI is InChI=1S/C13H14N2OS2/c1-16-11-7-9(4-5-10(11)13(14)15)8-18-12-3-2-6-17-12/h2-7H,8H2,1H3,(H3,14,15). The van der Waals surface area contributed by atoms with Crippen LogP contribution in [0.3, 0.4) is 0 Å². The van der Waals surface area contributed by atoms with E-state index in [0.717, 1.165) is 11.3 Å². The molecule has 0 radical (unpaired) electrons. The first-order valence-corrected chi connectivity index (χ1v) is 7.25. The number of benzene rings is 1. The van der Waals surface area contributed by atoms with Crippen molar-refractivity contribution < 1.29 is 4.74 Å². The van der Waals surface area contributed by atoms with Crippen LogP contribution < -0.4 is 10.5 Å². The molecule has 0 atom stereocenters. The van der Waals surface area contributed by atoms with Crippen molar-refractivity contribution in [2.45, 2.75) is 9.96 Å². The maximum Gasteiger partial charge on any atom is 0.130 e. The van der Waals surface area contributed by atoms with Crippen LogP contribution in [0.5, 0.6) is 5.75 Å². The zero-order chi connectivity index (χ0) is 13.0. The van der Waals surface area contributed by atoms with Crippen LogP contribution in [0.1, 0.15) is 11.1 Å². The molecular weight excluding hydrogens is 264 g/mol. The van der Waals surface area contributed by atoms with Crippen LogP contribution in [0.2, 0.25) is 0 Å². The molecule has 0 fully saturated rings. The minimum absolute atomic E-state index is 0.0318. The van der Waals surface area contributed by atoms with Crippen LogP contribution in [0.25, 0.3) is 0 Å². The van der Waals surface area contributed by atoms with Crippen molar-refractivity contribution in [2.75, 3.05) is 7.11 Å². The van der Waals surface area contributed by atoms with Gasteiger partial charge >= 0.3 is 0 Å². The lowest BCUT2D eigenvalue weighted by atomic mass is 10.1. The summed E-state index contributed by atoms with van der Waals surface area (Å²) in [5, 5.41) is 9.53. The number of nitrogens with two attached hydrogens (primary N) is 1. The maximum absolute atomic E-state index is 7.46. The first-order chi connectivity index (χ1) is 8.70. The minimum Gasteiger partial charge on any atom is -0.496 e. The summed E-state index contributed by atoms with van der Waals surface area (Å²) >= 11 is 3.53. The number of rotatable bonds is 5. The van der Waals surface area contributed by atoms with E-state index in [1.165, 1.54) is 4.21 Å². The van der Waals surface area contributed by atoms with Crippen LogP contribution in [-0.2, 0) is 5.75 Å². The summed E-state index contributed by atoms with van der Waals surface area (Å²) in [6.45, 7) is 0. The van der Waals surface area contributed by atoms with Gasteiger partial charge in [-0.1, -0.05) is 12.1 Å². The molecule has 3 N–H and O–H groups in total. The largest absolute Gasteiger partial charge is 0.496 e. The molecule has 0 aliphatic carbocycles. The van der Waals surface area contributed by atoms with E-state index < -0.39 is 0 Å². The smallest absolute Gasteiger partial charge is 0.130 e. The van der Waals surface area contributed by atoms with Gasteiger partial charge in [0.2, 0.25) is 0 Å². The first-order valence-electron chi connectivity index (χ1n) is 5.38. The predicted octanol–water partition coefficient (Wildman–Crippen LogP) is 3.33. The first kappa shape index (κ1) is 13.0. The van der Waals surface area contributed by atoms with Crippen molar-refractivity contribution in [3.63, 3.8) is 0 Å². The molecule has 0 aliphatic heterocycles. The van der Waals surface area contributed by atoms with Crippen molar-refractivity contribution in [2.24, 2.45) is 5.73 Å². The van der Waals surface area contributed by atoms with E-state index in [4.69, 9.17) is 15.9 Å². The second-order valence-corrected chi connectivity index (χ2v) is 5.89. The van der Waals surface area contributed by atoms with Gasteiger partial charge in [-0.2, -0.15) is 0 Å². The highest BCUT2D eigenvalue weighted by molar-refractivity contribution is 8.00. The second-order valence-electron chi connectivity index (χ2n) is 3.67. The highest BCUT2D eigenvalue weighted by Gasteiger charge is 2.07. The second kappa shape index (κ2) is 5.93. The SMILES string of the molecule is COc1cc(CSc2cccs2)ccc1C(=N)N. The topological polar surface area (TPSA) is 59.1 Å². The molecule has 1 heterocycles. The number of methoxy groups -OCH3 is 1. The fraction of sp³-hybridized carbons (Fsp3) is 0.154. The average molecular weight is 278 g/mol. The molecular formula is C13H14N2OS2. The molecule has 1 aromatic carbocycles. The number of nitrogens with one attached hydrogen (secondary N) is 1. The molecule has 0 saturated carbocycles. The molecule has 5 heteroatoms. The molecule has 2 rings (SSSR count). The monoisotopic (exact) mass is 278 g/mol. The molecule has 0 unspecified atom stereocenters. The summed E-state index contributed by atoms with van der Waals surface area (Å²) in [5.41, 5.74) is 7.29. The molecule has 94 valence electrons. The van der Waals surface area contributed by atoms with Crippen molar-refractivity contribution in [1.29, 1.82) is 5.41 Å². The third-order valence-electron chi connectivity index (χ3n) is 2.43. The fourth-order valence-corrected chi connectivity index (χ4v) is 3.28. The van der Waals surface area contributed by atoms with Gasteiger partial charge in [-0.15, -0.1) is 23.1 Å². The average Bonchev–Trinajstić information content (AvgIpc) is 2.88. The molecule has 3 nitrogen and oxygen atoms in total. The predicted molar refractivity (Wildman–Crippen MR) is 77.9 cm³/mol. The number of thiophene rings is 1. The van der Waals surface area contributed by atoms with Crippen molar-refractivity contribution in [3.8, 4) is 5.75 Å². The van der Waals surface area contributed by atoms with E-state index in [1.54, 1.807) is 30.2 Å². The number of amidine groups is 1. The molecule has 0 spiro atoms. The third kappa shape index (κ3) is 3.05. The molecule has 0 saturated heterocycles. The Morgan fingerprint density at radius 2 is 2.28 bits per heavy atom. The quantitative estimate of drug-likeness (QED) is 0.501. The van der Waals surface area contributed by atoms with Gasteiger partial charge < -0.3 is 10.5 Å². The Labute approximate surface area is 114 Å². The van der Waals surface area contributed by atoms with E-state index in [2.05, 4.69) is 11.4 Å². The maximum atomic E-state index is 7.46. The van der Waals surface area contributed by atoms with Crippen molar-refractivity contribution in [1.82, 2.24) is 0 Å². The molecule has 1 aromatic heterocycles. The number of ether oxygens (including phenoxy) is 1. The minimum atomic E-state index is 0.0318. The number of nitrogen functional groups attached to an aromatic ring is 1. The zero-order valence-corrected chi connectivity index (χ0v) is 11.6. The van der Waals surface area contributed by atoms with Gasteiger partial charge in [-0.3, -0.25) is 5.41 Å². The van der Waals surface area contributed by atoms with Crippen LogP contribution in [0.4, 0.5) is 0 Å².